The second-order valence-electron chi connectivity index (χ2n) is 5.83. The average Bonchev–Trinajstić information content (AvgIpc) is 2.89. The lowest BCUT2D eigenvalue weighted by atomic mass is 10.1. The van der Waals surface area contributed by atoms with Crippen LogP contribution in [0.4, 0.5) is 5.69 Å². The van der Waals surface area contributed by atoms with Crippen molar-refractivity contribution in [3.05, 3.63) is 63.6 Å². The molecule has 120 valence electrons. The number of carbonyl (C=O) groups is 1. The molecule has 23 heavy (non-hydrogen) atoms. The van der Waals surface area contributed by atoms with Gasteiger partial charge in [-0.2, -0.15) is 0 Å². The molecule has 3 nitrogen and oxygen atoms in total. The number of nitrogens with one attached hydrogen (secondary N) is 2. The third-order valence-corrected chi connectivity index (χ3v) is 4.54. The lowest BCUT2D eigenvalue weighted by Gasteiger charge is -2.20. The first-order valence-electron chi connectivity index (χ1n) is 7.64. The number of halogens is 2. The van der Waals surface area contributed by atoms with E-state index in [1.165, 1.54) is 11.1 Å². The molecule has 0 unspecified atom stereocenters. The Labute approximate surface area is 146 Å². The summed E-state index contributed by atoms with van der Waals surface area (Å²) in [5, 5.41) is 7.25. The van der Waals surface area contributed by atoms with Crippen molar-refractivity contribution in [2.24, 2.45) is 0 Å². The number of amides is 1. The van der Waals surface area contributed by atoms with Crippen LogP contribution in [0, 0.1) is 0 Å². The molecule has 0 bridgehead atoms. The number of fused-ring (bicyclic) bond motifs is 1. The second kappa shape index (κ2) is 6.91. The molecule has 0 heterocycles. The summed E-state index contributed by atoms with van der Waals surface area (Å²) in [5.41, 5.74) is 3.25. The van der Waals surface area contributed by atoms with Crippen molar-refractivity contribution >= 4 is 34.8 Å². The normalized spacial score (nSPS) is 17.6. The van der Waals surface area contributed by atoms with Crippen LogP contribution in [-0.2, 0) is 11.2 Å². The summed E-state index contributed by atoms with van der Waals surface area (Å²) in [6.45, 7) is 1.86. The van der Waals surface area contributed by atoms with Gasteiger partial charge in [0, 0.05) is 21.8 Å². The fraction of sp³-hybridized carbons (Fsp3) is 0.278. The predicted octanol–water partition coefficient (Wildman–Crippen LogP) is 4.60. The molecule has 0 radical (unpaired) electrons. The molecular weight excluding hydrogens is 331 g/mol. The van der Waals surface area contributed by atoms with Crippen molar-refractivity contribution in [3.63, 3.8) is 0 Å². The van der Waals surface area contributed by atoms with Crippen molar-refractivity contribution in [1.82, 2.24) is 5.32 Å². The van der Waals surface area contributed by atoms with E-state index in [1.807, 2.05) is 13.0 Å². The van der Waals surface area contributed by atoms with E-state index < -0.39 is 0 Å². The summed E-state index contributed by atoms with van der Waals surface area (Å²) in [4.78, 5) is 12.4. The number of hydrogen-bond acceptors (Lipinski definition) is 2. The molecule has 1 aliphatic carbocycles. The van der Waals surface area contributed by atoms with E-state index in [9.17, 15) is 4.79 Å². The number of rotatable bonds is 4. The second-order valence-corrected chi connectivity index (χ2v) is 6.70. The molecule has 0 saturated carbocycles. The summed E-state index contributed by atoms with van der Waals surface area (Å²) < 4.78 is 0. The quantitative estimate of drug-likeness (QED) is 0.847. The summed E-state index contributed by atoms with van der Waals surface area (Å²) in [5.74, 6) is -0.104. The van der Waals surface area contributed by atoms with Gasteiger partial charge in [-0.05, 0) is 49.1 Å². The van der Waals surface area contributed by atoms with Crippen LogP contribution in [-0.4, -0.2) is 11.9 Å². The fourth-order valence-electron chi connectivity index (χ4n) is 2.98. The molecule has 2 N–H and O–H groups in total. The Morgan fingerprint density at radius 2 is 1.87 bits per heavy atom. The molecule has 2 aromatic carbocycles. The first-order valence-corrected chi connectivity index (χ1v) is 8.39. The Morgan fingerprint density at radius 3 is 2.61 bits per heavy atom. The van der Waals surface area contributed by atoms with E-state index in [0.29, 0.717) is 15.7 Å². The smallest absolute Gasteiger partial charge is 0.241 e. The van der Waals surface area contributed by atoms with Gasteiger partial charge in [0.1, 0.15) is 0 Å². The molecule has 1 amide bonds. The maximum atomic E-state index is 12.4. The van der Waals surface area contributed by atoms with Gasteiger partial charge in [-0.15, -0.1) is 0 Å². The molecule has 2 aromatic rings. The first-order chi connectivity index (χ1) is 11.0. The third-order valence-electron chi connectivity index (χ3n) is 4.11. The Bertz CT molecular complexity index is 712. The van der Waals surface area contributed by atoms with Gasteiger partial charge in [-0.1, -0.05) is 47.5 Å². The number of anilines is 1. The zero-order chi connectivity index (χ0) is 16.4. The molecule has 3 rings (SSSR count). The van der Waals surface area contributed by atoms with Crippen LogP contribution in [0.2, 0.25) is 10.0 Å². The molecule has 2 atom stereocenters. The predicted molar refractivity (Wildman–Crippen MR) is 95.2 cm³/mol. The first kappa shape index (κ1) is 16.3. The highest BCUT2D eigenvalue weighted by Crippen LogP contribution is 2.31. The monoisotopic (exact) mass is 348 g/mol. The van der Waals surface area contributed by atoms with Gasteiger partial charge in [0.05, 0.1) is 6.04 Å². The highest BCUT2D eigenvalue weighted by molar-refractivity contribution is 6.35. The Balaban J connectivity index is 1.64. The van der Waals surface area contributed by atoms with Gasteiger partial charge in [0.25, 0.3) is 0 Å². The number of benzene rings is 2. The van der Waals surface area contributed by atoms with Crippen molar-refractivity contribution < 1.29 is 4.79 Å². The van der Waals surface area contributed by atoms with Crippen LogP contribution in [0.15, 0.2) is 42.5 Å². The van der Waals surface area contributed by atoms with Crippen molar-refractivity contribution in [2.75, 3.05) is 5.32 Å². The van der Waals surface area contributed by atoms with Crippen LogP contribution in [0.1, 0.15) is 30.5 Å². The van der Waals surface area contributed by atoms with Crippen molar-refractivity contribution in [1.29, 1.82) is 0 Å². The largest absolute Gasteiger partial charge is 0.325 e. The molecule has 0 spiro atoms. The highest BCUT2D eigenvalue weighted by atomic mass is 35.5. The summed E-state index contributed by atoms with van der Waals surface area (Å²) in [6, 6.07) is 13.3. The van der Waals surface area contributed by atoms with Crippen molar-refractivity contribution in [2.45, 2.75) is 31.8 Å². The van der Waals surface area contributed by atoms with Gasteiger partial charge in [0.15, 0.2) is 0 Å². The maximum Gasteiger partial charge on any atom is 0.241 e. The minimum absolute atomic E-state index is 0.104. The van der Waals surface area contributed by atoms with Crippen LogP contribution < -0.4 is 10.6 Å². The van der Waals surface area contributed by atoms with Crippen LogP contribution in [0.5, 0.6) is 0 Å². The zero-order valence-electron chi connectivity index (χ0n) is 12.8. The lowest BCUT2D eigenvalue weighted by molar-refractivity contribution is -0.118. The topological polar surface area (TPSA) is 41.1 Å². The number of carbonyl (C=O) groups excluding carboxylic acids is 1. The van der Waals surface area contributed by atoms with Gasteiger partial charge < -0.3 is 5.32 Å². The van der Waals surface area contributed by atoms with E-state index in [0.717, 1.165) is 12.8 Å². The van der Waals surface area contributed by atoms with E-state index in [-0.39, 0.29) is 18.0 Å². The minimum Gasteiger partial charge on any atom is -0.325 e. The van der Waals surface area contributed by atoms with Crippen molar-refractivity contribution in [3.8, 4) is 0 Å². The van der Waals surface area contributed by atoms with E-state index in [4.69, 9.17) is 23.2 Å². The summed E-state index contributed by atoms with van der Waals surface area (Å²) >= 11 is 11.9. The van der Waals surface area contributed by atoms with Gasteiger partial charge in [-0.25, -0.2) is 0 Å². The van der Waals surface area contributed by atoms with Gasteiger partial charge in [-0.3, -0.25) is 10.1 Å². The highest BCUT2D eigenvalue weighted by Gasteiger charge is 2.25. The Hall–Kier alpha value is -1.55. The van der Waals surface area contributed by atoms with E-state index in [2.05, 4.69) is 28.8 Å². The minimum atomic E-state index is -0.316. The zero-order valence-corrected chi connectivity index (χ0v) is 14.3. The molecule has 0 aromatic heterocycles. The molecule has 1 aliphatic rings. The lowest BCUT2D eigenvalue weighted by Crippen LogP contribution is -2.39. The van der Waals surface area contributed by atoms with E-state index in [1.54, 1.807) is 18.2 Å². The van der Waals surface area contributed by atoms with E-state index >= 15 is 0 Å². The number of aryl methyl sites for hydroxylation is 1. The molecule has 0 fully saturated rings. The Morgan fingerprint density at radius 1 is 1.17 bits per heavy atom. The standard InChI is InChI=1S/C18H18Cl2N2O/c1-11(18(23)22-15-9-13(19)8-14(20)10-15)21-17-7-6-12-4-2-3-5-16(12)17/h2-5,8-11,17,21H,6-7H2,1H3,(H,22,23)/t11-,17+/m0/s1. The summed E-state index contributed by atoms with van der Waals surface area (Å²) in [7, 11) is 0. The molecule has 0 aliphatic heterocycles. The molecule has 5 heteroatoms. The average molecular weight is 349 g/mol. The molecular formula is C18H18Cl2N2O. The summed E-state index contributed by atoms with van der Waals surface area (Å²) in [6.07, 6.45) is 2.06. The van der Waals surface area contributed by atoms with Crippen LogP contribution in [0.3, 0.4) is 0 Å². The maximum absolute atomic E-state index is 12.4. The SMILES string of the molecule is C[C@H](N[C@@H]1CCc2ccccc21)C(=O)Nc1cc(Cl)cc(Cl)c1. The number of hydrogen-bond donors (Lipinski definition) is 2. The van der Waals surface area contributed by atoms with Gasteiger partial charge in [0.2, 0.25) is 5.91 Å². The third kappa shape index (κ3) is 3.86. The van der Waals surface area contributed by atoms with Gasteiger partial charge >= 0.3 is 0 Å². The van der Waals surface area contributed by atoms with Crippen LogP contribution in [0.25, 0.3) is 0 Å². The van der Waals surface area contributed by atoms with Crippen LogP contribution >= 0.6 is 23.2 Å². The molecule has 0 saturated heterocycles. The Kier molecular flexibility index (Phi) is 4.90. The fourth-order valence-corrected chi connectivity index (χ4v) is 3.51.